The largest absolute Gasteiger partial charge is 0.394 e. The molecule has 3 aliphatic rings. The third-order valence-electron chi connectivity index (χ3n) is 21.4. The highest BCUT2D eigenvalue weighted by Crippen LogP contribution is 2.34. The molecule has 0 spiro atoms. The molecular weight excluding hydrogens is 1260 g/mol. The van der Waals surface area contributed by atoms with Crippen molar-refractivity contribution in [2.24, 2.45) is 0 Å². The quantitative estimate of drug-likeness (QED) is 0.0252. The van der Waals surface area contributed by atoms with E-state index in [2.05, 4.69) is 19.2 Å². The summed E-state index contributed by atoms with van der Waals surface area (Å²) in [4.78, 5) is 13.5. The maximum atomic E-state index is 13.5. The first kappa shape index (κ1) is 92.0. The van der Waals surface area contributed by atoms with Crippen LogP contribution in [0, 0.1) is 0 Å². The predicted molar refractivity (Wildman–Crippen MR) is 393 cm³/mol. The van der Waals surface area contributed by atoms with Crippen molar-refractivity contribution in [3.8, 4) is 0 Å². The number of aliphatic hydroxyl groups is 11. The first-order valence-corrected chi connectivity index (χ1v) is 41.8. The summed E-state index contributed by atoms with van der Waals surface area (Å²) in [6, 6.07) is -0.883. The van der Waals surface area contributed by atoms with Crippen LogP contribution in [0.15, 0.2) is 0 Å². The SMILES string of the molecule is CCCCCCCCCCCCCCCCCCCCCCCCCCCCCCCCC(O)C(COC1OC(CO)C(OC2OC(CO)C(OC3OC(CO)C(O)C(O)C3O)C(O)C2O)C(O)C1O)NC(=O)CCCCCCCCCCCCCCCCCCCCCCCCCC. The lowest BCUT2D eigenvalue weighted by molar-refractivity contribution is -0.379. The molecule has 3 aliphatic heterocycles. The summed E-state index contributed by atoms with van der Waals surface area (Å²) in [5, 5.41) is 121. The van der Waals surface area contributed by atoms with Crippen LogP contribution in [0.25, 0.3) is 0 Å². The van der Waals surface area contributed by atoms with Gasteiger partial charge in [-0.05, 0) is 12.8 Å². The minimum atomic E-state index is -1.97. The lowest BCUT2D eigenvalue weighted by Gasteiger charge is -2.48. The summed E-state index contributed by atoms with van der Waals surface area (Å²) < 4.78 is 34.6. The molecule has 3 heterocycles. The number of hydrogen-bond donors (Lipinski definition) is 12. The van der Waals surface area contributed by atoms with Gasteiger partial charge in [-0.3, -0.25) is 4.79 Å². The van der Waals surface area contributed by atoms with Gasteiger partial charge in [0.1, 0.15) is 73.2 Å². The highest BCUT2D eigenvalue weighted by molar-refractivity contribution is 5.76. The number of nitrogens with one attached hydrogen (secondary N) is 1. The van der Waals surface area contributed by atoms with Gasteiger partial charge in [0.2, 0.25) is 5.91 Å². The highest BCUT2D eigenvalue weighted by atomic mass is 16.8. The third kappa shape index (κ3) is 42.1. The van der Waals surface area contributed by atoms with E-state index in [4.69, 9.17) is 28.4 Å². The van der Waals surface area contributed by atoms with Crippen LogP contribution in [0.5, 0.6) is 0 Å². The first-order valence-electron chi connectivity index (χ1n) is 41.8. The number of carbonyl (C=O) groups excluding carboxylic acids is 1. The van der Waals surface area contributed by atoms with Gasteiger partial charge in [0, 0.05) is 6.42 Å². The van der Waals surface area contributed by atoms with Crippen molar-refractivity contribution >= 4 is 5.91 Å². The summed E-state index contributed by atoms with van der Waals surface area (Å²) >= 11 is 0. The molecule has 0 aromatic carbocycles. The third-order valence-corrected chi connectivity index (χ3v) is 21.4. The highest BCUT2D eigenvalue weighted by Gasteiger charge is 2.54. The number of rotatable bonds is 68. The molecule has 0 aromatic heterocycles. The minimum Gasteiger partial charge on any atom is -0.394 e. The second-order valence-corrected chi connectivity index (χ2v) is 30.3. The van der Waals surface area contributed by atoms with Gasteiger partial charge < -0.3 is 89.9 Å². The zero-order valence-corrected chi connectivity index (χ0v) is 63.0. The van der Waals surface area contributed by atoms with Gasteiger partial charge in [-0.2, -0.15) is 0 Å². The van der Waals surface area contributed by atoms with E-state index < -0.39 is 124 Å². The van der Waals surface area contributed by atoms with Crippen molar-refractivity contribution < 1.29 is 89.4 Å². The van der Waals surface area contributed by atoms with Crippen LogP contribution >= 0.6 is 0 Å². The fourth-order valence-electron chi connectivity index (χ4n) is 14.7. The Morgan fingerprint density at radius 3 is 0.879 bits per heavy atom. The molecule has 12 N–H and O–H groups in total. The zero-order chi connectivity index (χ0) is 71.8. The summed E-state index contributed by atoms with van der Waals surface area (Å²) in [5.74, 6) is -0.232. The zero-order valence-electron chi connectivity index (χ0n) is 63.0. The van der Waals surface area contributed by atoms with E-state index in [0.29, 0.717) is 12.8 Å². The molecule has 19 heteroatoms. The van der Waals surface area contributed by atoms with Crippen molar-refractivity contribution in [1.82, 2.24) is 5.32 Å². The normalized spacial score (nSPS) is 26.5. The van der Waals surface area contributed by atoms with Gasteiger partial charge in [0.05, 0.1) is 38.6 Å². The van der Waals surface area contributed by atoms with Crippen molar-refractivity contribution in [2.75, 3.05) is 26.4 Å². The molecule has 0 bridgehead atoms. The molecule has 0 saturated carbocycles. The van der Waals surface area contributed by atoms with Gasteiger partial charge in [-0.25, -0.2) is 0 Å². The minimum absolute atomic E-state index is 0.232. The standard InChI is InChI=1S/C80H155NO18/c1-3-5-7-9-11-13-15-17-19-21-23-25-27-29-30-31-32-33-34-35-37-39-41-43-45-47-49-51-53-55-57-64(85)63(81-68(86)58-56-54-52-50-48-46-44-42-40-38-36-28-26-24-22-20-18-16-14-12-10-8-6-4-2)62-94-78-74(92)71(89)76(66(60-83)96-78)99-80-75(93)72(90)77(67(61-84)97-80)98-79-73(91)70(88)69(87)65(59-82)95-79/h63-67,69-80,82-85,87-93H,3-62H2,1-2H3,(H,81,86). The van der Waals surface area contributed by atoms with Gasteiger partial charge in [-0.15, -0.1) is 0 Å². The number of carbonyl (C=O) groups is 1. The van der Waals surface area contributed by atoms with Crippen LogP contribution in [-0.2, 0) is 33.2 Å². The van der Waals surface area contributed by atoms with E-state index in [0.717, 1.165) is 44.9 Å². The lowest BCUT2D eigenvalue weighted by Crippen LogP contribution is -2.66. The van der Waals surface area contributed by atoms with Crippen LogP contribution in [0.3, 0.4) is 0 Å². The Morgan fingerprint density at radius 1 is 0.323 bits per heavy atom. The monoisotopic (exact) mass is 1420 g/mol. The molecule has 19 nitrogen and oxygen atoms in total. The van der Waals surface area contributed by atoms with Crippen molar-refractivity contribution in [1.29, 1.82) is 0 Å². The van der Waals surface area contributed by atoms with Crippen LogP contribution in [-0.4, -0.2) is 193 Å². The molecule has 17 unspecified atom stereocenters. The molecule has 588 valence electrons. The van der Waals surface area contributed by atoms with Crippen LogP contribution in [0.4, 0.5) is 0 Å². The number of ether oxygens (including phenoxy) is 6. The smallest absolute Gasteiger partial charge is 0.220 e. The molecule has 3 saturated heterocycles. The summed E-state index contributed by atoms with van der Waals surface area (Å²) in [7, 11) is 0. The van der Waals surface area contributed by atoms with E-state index in [1.807, 2.05) is 0 Å². The Labute approximate surface area is 602 Å². The molecule has 99 heavy (non-hydrogen) atoms. The topological polar surface area (TPSA) is 307 Å². The molecule has 0 radical (unpaired) electrons. The van der Waals surface area contributed by atoms with E-state index in [9.17, 15) is 61.0 Å². The first-order chi connectivity index (χ1) is 48.3. The maximum absolute atomic E-state index is 13.5. The van der Waals surface area contributed by atoms with Crippen LogP contribution in [0.1, 0.15) is 373 Å². The average molecular weight is 1420 g/mol. The van der Waals surface area contributed by atoms with E-state index in [-0.39, 0.29) is 18.9 Å². The Kier molecular flexibility index (Phi) is 57.5. The molecule has 0 aromatic rings. The van der Waals surface area contributed by atoms with E-state index in [1.54, 1.807) is 0 Å². The number of unbranched alkanes of at least 4 members (excludes halogenated alkanes) is 52. The Morgan fingerprint density at radius 2 is 0.576 bits per heavy atom. The Balaban J connectivity index is 1.35. The van der Waals surface area contributed by atoms with Crippen LogP contribution in [0.2, 0.25) is 0 Å². The molecule has 1 amide bonds. The van der Waals surface area contributed by atoms with E-state index in [1.165, 1.54) is 295 Å². The van der Waals surface area contributed by atoms with Gasteiger partial charge in [-0.1, -0.05) is 354 Å². The molecule has 0 aliphatic carbocycles. The van der Waals surface area contributed by atoms with E-state index >= 15 is 0 Å². The molecule has 3 fully saturated rings. The van der Waals surface area contributed by atoms with Crippen molar-refractivity contribution in [3.05, 3.63) is 0 Å². The number of aliphatic hydroxyl groups excluding tert-OH is 11. The number of amides is 1. The number of hydrogen-bond acceptors (Lipinski definition) is 18. The Bertz CT molecular complexity index is 1790. The average Bonchev–Trinajstić information content (AvgIpc) is 0.781. The lowest BCUT2D eigenvalue weighted by atomic mass is 9.96. The molecule has 17 atom stereocenters. The van der Waals surface area contributed by atoms with Gasteiger partial charge in [0.25, 0.3) is 0 Å². The predicted octanol–water partition coefficient (Wildman–Crippen LogP) is 14.2. The summed E-state index contributed by atoms with van der Waals surface area (Å²) in [5.41, 5.74) is 0. The van der Waals surface area contributed by atoms with Crippen molar-refractivity contribution in [2.45, 2.75) is 478 Å². The Hall–Kier alpha value is -1.21. The summed E-state index contributed by atoms with van der Waals surface area (Å²) in [6.07, 6.45) is 44.8. The summed E-state index contributed by atoms with van der Waals surface area (Å²) in [6.45, 7) is 1.88. The fraction of sp³-hybridized carbons (Fsp3) is 0.988. The fourth-order valence-corrected chi connectivity index (χ4v) is 14.7. The second kappa shape index (κ2) is 61.9. The van der Waals surface area contributed by atoms with Crippen LogP contribution < -0.4 is 5.32 Å². The maximum Gasteiger partial charge on any atom is 0.220 e. The molecular formula is C80H155NO18. The van der Waals surface area contributed by atoms with Gasteiger partial charge >= 0.3 is 0 Å². The van der Waals surface area contributed by atoms with Gasteiger partial charge in [0.15, 0.2) is 18.9 Å². The second-order valence-electron chi connectivity index (χ2n) is 30.3. The van der Waals surface area contributed by atoms with Crippen molar-refractivity contribution in [3.63, 3.8) is 0 Å². The molecule has 3 rings (SSSR count).